The van der Waals surface area contributed by atoms with Gasteiger partial charge in [-0.1, -0.05) is 23.7 Å². The molecule has 0 saturated carbocycles. The highest BCUT2D eigenvalue weighted by molar-refractivity contribution is 6.30. The zero-order chi connectivity index (χ0) is 15.9. The van der Waals surface area contributed by atoms with Crippen LogP contribution in [0.1, 0.15) is 18.9 Å². The van der Waals surface area contributed by atoms with Crippen molar-refractivity contribution < 1.29 is 14.6 Å². The van der Waals surface area contributed by atoms with Crippen molar-refractivity contribution in [1.82, 2.24) is 10.2 Å². The van der Waals surface area contributed by atoms with Crippen LogP contribution in [0, 0.1) is 0 Å². The monoisotopic (exact) mass is 326 g/mol. The lowest BCUT2D eigenvalue weighted by atomic mass is 10.1. The highest BCUT2D eigenvalue weighted by Crippen LogP contribution is 2.13. The fourth-order valence-corrected chi connectivity index (χ4v) is 2.70. The summed E-state index contributed by atoms with van der Waals surface area (Å²) in [6, 6.07) is 7.45. The van der Waals surface area contributed by atoms with Crippen molar-refractivity contribution in [2.24, 2.45) is 0 Å². The predicted octanol–water partition coefficient (Wildman–Crippen LogP) is 2.06. The van der Waals surface area contributed by atoms with Gasteiger partial charge in [0.15, 0.2) is 0 Å². The standard InChI is InChI=1S/C16H23ClN2O3/c1-12(20)10-15-11-22-9-8-19(15)16(21)18-7-6-13-2-4-14(17)5-3-13/h2-5,12,15,20H,6-11H2,1H3,(H,18,21)/t12-,15-/m1/s1. The van der Waals surface area contributed by atoms with Crippen LogP contribution >= 0.6 is 11.6 Å². The lowest BCUT2D eigenvalue weighted by Crippen LogP contribution is -2.53. The van der Waals surface area contributed by atoms with Crippen molar-refractivity contribution in [2.45, 2.75) is 31.9 Å². The number of morpholine rings is 1. The summed E-state index contributed by atoms with van der Waals surface area (Å²) in [6.07, 6.45) is 0.843. The molecule has 1 aliphatic rings. The topological polar surface area (TPSA) is 61.8 Å². The number of carbonyl (C=O) groups excluding carboxylic acids is 1. The zero-order valence-electron chi connectivity index (χ0n) is 12.8. The average Bonchev–Trinajstić information content (AvgIpc) is 2.49. The summed E-state index contributed by atoms with van der Waals surface area (Å²) in [5, 5.41) is 13.2. The van der Waals surface area contributed by atoms with E-state index >= 15 is 0 Å². The van der Waals surface area contributed by atoms with Crippen LogP contribution < -0.4 is 5.32 Å². The molecule has 0 aliphatic carbocycles. The summed E-state index contributed by atoms with van der Waals surface area (Å²) in [6.45, 7) is 3.88. The van der Waals surface area contributed by atoms with Crippen molar-refractivity contribution in [3.63, 3.8) is 0 Å². The highest BCUT2D eigenvalue weighted by Gasteiger charge is 2.27. The molecule has 6 heteroatoms. The molecule has 1 saturated heterocycles. The Hall–Kier alpha value is -1.30. The van der Waals surface area contributed by atoms with E-state index < -0.39 is 6.10 Å². The van der Waals surface area contributed by atoms with E-state index in [0.717, 1.165) is 12.0 Å². The van der Waals surface area contributed by atoms with E-state index in [9.17, 15) is 9.90 Å². The molecule has 5 nitrogen and oxygen atoms in total. The minimum Gasteiger partial charge on any atom is -0.393 e. The minimum atomic E-state index is -0.448. The minimum absolute atomic E-state index is 0.0655. The Morgan fingerprint density at radius 2 is 2.23 bits per heavy atom. The Balaban J connectivity index is 1.80. The molecule has 2 N–H and O–H groups in total. The molecule has 2 rings (SSSR count). The number of halogens is 1. The SMILES string of the molecule is C[C@@H](O)C[C@@H]1COCCN1C(=O)NCCc1ccc(Cl)cc1. The van der Waals surface area contributed by atoms with Crippen molar-refractivity contribution >= 4 is 17.6 Å². The van der Waals surface area contributed by atoms with Gasteiger partial charge in [-0.2, -0.15) is 0 Å². The van der Waals surface area contributed by atoms with Crippen molar-refractivity contribution in [3.8, 4) is 0 Å². The number of amides is 2. The van der Waals surface area contributed by atoms with Crippen LogP contribution in [0.5, 0.6) is 0 Å². The van der Waals surface area contributed by atoms with Gasteiger partial charge in [-0.05, 0) is 37.5 Å². The summed E-state index contributed by atoms with van der Waals surface area (Å²) >= 11 is 5.85. The largest absolute Gasteiger partial charge is 0.393 e. The smallest absolute Gasteiger partial charge is 0.317 e. The second-order valence-corrected chi connectivity index (χ2v) is 6.05. The molecule has 122 valence electrons. The quantitative estimate of drug-likeness (QED) is 0.870. The van der Waals surface area contributed by atoms with E-state index in [1.54, 1.807) is 11.8 Å². The third-order valence-corrected chi connectivity index (χ3v) is 3.96. The van der Waals surface area contributed by atoms with Crippen LogP contribution in [-0.2, 0) is 11.2 Å². The first-order valence-electron chi connectivity index (χ1n) is 7.61. The van der Waals surface area contributed by atoms with Gasteiger partial charge in [-0.25, -0.2) is 4.79 Å². The number of benzene rings is 1. The fraction of sp³-hybridized carbons (Fsp3) is 0.562. The van der Waals surface area contributed by atoms with E-state index in [0.29, 0.717) is 37.7 Å². The number of nitrogens with zero attached hydrogens (tertiary/aromatic N) is 1. The Labute approximate surface area is 136 Å². The Kier molecular flexibility index (Phi) is 6.49. The Morgan fingerprint density at radius 1 is 1.50 bits per heavy atom. The molecule has 1 aromatic rings. The van der Waals surface area contributed by atoms with Gasteiger partial charge >= 0.3 is 6.03 Å². The van der Waals surface area contributed by atoms with Gasteiger partial charge in [0.1, 0.15) is 0 Å². The summed E-state index contributed by atoms with van der Waals surface area (Å²) in [7, 11) is 0. The molecule has 0 radical (unpaired) electrons. The summed E-state index contributed by atoms with van der Waals surface area (Å²) in [5.74, 6) is 0. The maximum Gasteiger partial charge on any atom is 0.317 e. The van der Waals surface area contributed by atoms with Gasteiger partial charge in [0.25, 0.3) is 0 Å². The number of urea groups is 1. The number of aliphatic hydroxyl groups is 1. The molecular weight excluding hydrogens is 304 g/mol. The second-order valence-electron chi connectivity index (χ2n) is 5.62. The maximum absolute atomic E-state index is 12.3. The van der Waals surface area contributed by atoms with E-state index in [1.807, 2.05) is 24.3 Å². The number of carbonyl (C=O) groups is 1. The van der Waals surface area contributed by atoms with Crippen LogP contribution in [0.3, 0.4) is 0 Å². The lowest BCUT2D eigenvalue weighted by molar-refractivity contribution is -0.00425. The van der Waals surface area contributed by atoms with E-state index in [-0.39, 0.29) is 12.1 Å². The van der Waals surface area contributed by atoms with Crippen molar-refractivity contribution in [3.05, 3.63) is 34.9 Å². The number of ether oxygens (including phenoxy) is 1. The van der Waals surface area contributed by atoms with Crippen molar-refractivity contribution in [2.75, 3.05) is 26.3 Å². The average molecular weight is 327 g/mol. The first-order chi connectivity index (χ1) is 10.6. The molecule has 1 aromatic carbocycles. The zero-order valence-corrected chi connectivity index (χ0v) is 13.6. The summed E-state index contributed by atoms with van der Waals surface area (Å²) in [5.41, 5.74) is 1.13. The van der Waals surface area contributed by atoms with Crippen molar-refractivity contribution in [1.29, 1.82) is 0 Å². The lowest BCUT2D eigenvalue weighted by Gasteiger charge is -2.36. The molecule has 2 atom stereocenters. The number of hydrogen-bond acceptors (Lipinski definition) is 3. The third-order valence-electron chi connectivity index (χ3n) is 3.70. The number of aliphatic hydroxyl groups excluding tert-OH is 1. The molecule has 1 fully saturated rings. The molecule has 1 aliphatic heterocycles. The summed E-state index contributed by atoms with van der Waals surface area (Å²) < 4.78 is 5.40. The molecule has 0 unspecified atom stereocenters. The first-order valence-corrected chi connectivity index (χ1v) is 7.99. The van der Waals surface area contributed by atoms with Crippen LogP contribution in [0.2, 0.25) is 5.02 Å². The number of hydrogen-bond donors (Lipinski definition) is 2. The molecule has 0 spiro atoms. The Morgan fingerprint density at radius 3 is 2.91 bits per heavy atom. The molecule has 2 amide bonds. The molecule has 0 aromatic heterocycles. The molecule has 1 heterocycles. The third kappa shape index (κ3) is 5.16. The molecule has 0 bridgehead atoms. The summed E-state index contributed by atoms with van der Waals surface area (Å²) in [4.78, 5) is 14.1. The first kappa shape index (κ1) is 17.1. The van der Waals surface area contributed by atoms with E-state index in [1.165, 1.54) is 0 Å². The van der Waals surface area contributed by atoms with Gasteiger partial charge in [0, 0.05) is 18.1 Å². The van der Waals surface area contributed by atoms with Crippen LogP contribution in [-0.4, -0.2) is 54.5 Å². The second kappa shape index (κ2) is 8.36. The fourth-order valence-electron chi connectivity index (χ4n) is 2.58. The van der Waals surface area contributed by atoms with Gasteiger partial charge in [0.2, 0.25) is 0 Å². The van der Waals surface area contributed by atoms with Gasteiger partial charge in [0.05, 0.1) is 25.4 Å². The van der Waals surface area contributed by atoms with Gasteiger partial charge in [-0.3, -0.25) is 0 Å². The highest BCUT2D eigenvalue weighted by atomic mass is 35.5. The predicted molar refractivity (Wildman–Crippen MR) is 86.2 cm³/mol. The number of nitrogens with one attached hydrogen (secondary N) is 1. The van der Waals surface area contributed by atoms with E-state index in [4.69, 9.17) is 16.3 Å². The maximum atomic E-state index is 12.3. The number of rotatable bonds is 5. The van der Waals surface area contributed by atoms with Crippen LogP contribution in [0.4, 0.5) is 4.79 Å². The van der Waals surface area contributed by atoms with E-state index in [2.05, 4.69) is 5.32 Å². The molecular formula is C16H23ClN2O3. The van der Waals surface area contributed by atoms with Crippen LogP contribution in [0.15, 0.2) is 24.3 Å². The van der Waals surface area contributed by atoms with Crippen LogP contribution in [0.25, 0.3) is 0 Å². The molecule has 22 heavy (non-hydrogen) atoms. The van der Waals surface area contributed by atoms with Gasteiger partial charge < -0.3 is 20.1 Å². The van der Waals surface area contributed by atoms with Gasteiger partial charge in [-0.15, -0.1) is 0 Å². The Bertz CT molecular complexity index is 479. The normalized spacial score (nSPS) is 19.8.